The molecule has 0 aliphatic heterocycles. The Hall–Kier alpha value is -0.0800. The molecule has 0 aliphatic rings. The summed E-state index contributed by atoms with van der Waals surface area (Å²) in [6, 6.07) is 0. The minimum Gasteiger partial charge on any atom is -0.368 e. The van der Waals surface area contributed by atoms with Crippen molar-refractivity contribution in [2.45, 2.75) is 86.4 Å². The van der Waals surface area contributed by atoms with Gasteiger partial charge in [0.1, 0.15) is 0 Å². The highest BCUT2D eigenvalue weighted by molar-refractivity contribution is 4.63. The molecule has 0 heterocycles. The zero-order valence-corrected chi connectivity index (χ0v) is 13.4. The van der Waals surface area contributed by atoms with Gasteiger partial charge in [0.2, 0.25) is 0 Å². The molecule has 0 aromatic heterocycles. The number of aliphatic hydroxyl groups excluding tert-OH is 1. The van der Waals surface area contributed by atoms with Gasteiger partial charge in [0.05, 0.1) is 0 Å². The second-order valence-electron chi connectivity index (χ2n) is 5.93. The Labute approximate surface area is 115 Å². The summed E-state index contributed by atoms with van der Waals surface area (Å²) < 4.78 is 0. The molecule has 2 heteroatoms. The first-order valence-corrected chi connectivity index (χ1v) is 7.72. The van der Waals surface area contributed by atoms with Crippen LogP contribution in [0.1, 0.15) is 80.1 Å². The van der Waals surface area contributed by atoms with Crippen molar-refractivity contribution in [3.63, 3.8) is 0 Å². The SMILES string of the molecule is CC(C)CCCCC(C)C(C)C(O)O.CCCC. The molecule has 18 heavy (non-hydrogen) atoms. The normalized spacial score (nSPS) is 14.3. The van der Waals surface area contributed by atoms with Gasteiger partial charge in [0.15, 0.2) is 6.29 Å². The third kappa shape index (κ3) is 14.0. The molecule has 2 atom stereocenters. The van der Waals surface area contributed by atoms with Gasteiger partial charge >= 0.3 is 0 Å². The molecule has 0 fully saturated rings. The van der Waals surface area contributed by atoms with Crippen molar-refractivity contribution in [3.8, 4) is 0 Å². The van der Waals surface area contributed by atoms with Gasteiger partial charge in [-0.3, -0.25) is 0 Å². The number of aliphatic hydroxyl groups is 2. The minimum absolute atomic E-state index is 0.00551. The Bertz CT molecular complexity index is 153. The van der Waals surface area contributed by atoms with Gasteiger partial charge in [-0.15, -0.1) is 0 Å². The maximum Gasteiger partial charge on any atom is 0.154 e. The van der Waals surface area contributed by atoms with Gasteiger partial charge in [-0.25, -0.2) is 0 Å². The number of rotatable bonds is 8. The molecule has 0 amide bonds. The van der Waals surface area contributed by atoms with Gasteiger partial charge < -0.3 is 10.2 Å². The molecule has 0 bridgehead atoms. The maximum atomic E-state index is 8.99. The summed E-state index contributed by atoms with van der Waals surface area (Å²) in [5, 5.41) is 18.0. The smallest absolute Gasteiger partial charge is 0.154 e. The second kappa shape index (κ2) is 13.4. The molecule has 0 aromatic rings. The lowest BCUT2D eigenvalue weighted by atomic mass is 9.90. The van der Waals surface area contributed by atoms with E-state index in [1.807, 2.05) is 6.92 Å². The predicted octanol–water partition coefficient (Wildman–Crippen LogP) is 4.59. The van der Waals surface area contributed by atoms with Crippen LogP contribution in [-0.2, 0) is 0 Å². The monoisotopic (exact) mass is 260 g/mol. The van der Waals surface area contributed by atoms with Crippen molar-refractivity contribution in [2.75, 3.05) is 0 Å². The Kier molecular flexibility index (Phi) is 15.0. The summed E-state index contributed by atoms with van der Waals surface area (Å²) in [5.41, 5.74) is 0. The van der Waals surface area contributed by atoms with Crippen LogP contribution in [0.4, 0.5) is 0 Å². The third-order valence-corrected chi connectivity index (χ3v) is 3.56. The number of hydrogen-bond donors (Lipinski definition) is 2. The van der Waals surface area contributed by atoms with Crippen molar-refractivity contribution in [3.05, 3.63) is 0 Å². The lowest BCUT2D eigenvalue weighted by molar-refractivity contribution is -0.0933. The van der Waals surface area contributed by atoms with Crippen LogP contribution in [0.15, 0.2) is 0 Å². The predicted molar refractivity (Wildman–Crippen MR) is 80.4 cm³/mol. The second-order valence-corrected chi connectivity index (χ2v) is 5.93. The zero-order valence-electron chi connectivity index (χ0n) is 13.4. The van der Waals surface area contributed by atoms with Crippen LogP contribution in [0.2, 0.25) is 0 Å². The van der Waals surface area contributed by atoms with E-state index in [2.05, 4.69) is 34.6 Å². The van der Waals surface area contributed by atoms with Gasteiger partial charge in [-0.05, 0) is 11.8 Å². The van der Waals surface area contributed by atoms with Gasteiger partial charge in [0, 0.05) is 5.92 Å². The van der Waals surface area contributed by atoms with Gasteiger partial charge in [0.25, 0.3) is 0 Å². The Morgan fingerprint density at radius 3 is 1.56 bits per heavy atom. The van der Waals surface area contributed by atoms with E-state index < -0.39 is 6.29 Å². The van der Waals surface area contributed by atoms with Crippen LogP contribution < -0.4 is 0 Å². The van der Waals surface area contributed by atoms with E-state index in [-0.39, 0.29) is 5.92 Å². The van der Waals surface area contributed by atoms with E-state index in [4.69, 9.17) is 10.2 Å². The van der Waals surface area contributed by atoms with Crippen molar-refractivity contribution in [2.24, 2.45) is 17.8 Å². The van der Waals surface area contributed by atoms with Crippen LogP contribution >= 0.6 is 0 Å². The Balaban J connectivity index is 0. The topological polar surface area (TPSA) is 40.5 Å². The molecule has 112 valence electrons. The van der Waals surface area contributed by atoms with E-state index in [9.17, 15) is 0 Å². The summed E-state index contributed by atoms with van der Waals surface area (Å²) in [7, 11) is 0. The van der Waals surface area contributed by atoms with Crippen LogP contribution in [0.3, 0.4) is 0 Å². The molecule has 0 spiro atoms. The fourth-order valence-electron chi connectivity index (χ4n) is 1.58. The van der Waals surface area contributed by atoms with Crippen LogP contribution in [0, 0.1) is 17.8 Å². The van der Waals surface area contributed by atoms with E-state index in [1.54, 1.807) is 0 Å². The standard InChI is InChI=1S/C12H26O2.C4H10/c1-9(2)7-5-6-8-10(3)11(4)12(13)14;1-3-4-2/h9-14H,5-8H2,1-4H3;3-4H2,1-2H3. The molecule has 0 radical (unpaired) electrons. The van der Waals surface area contributed by atoms with Crippen molar-refractivity contribution in [1.29, 1.82) is 0 Å². The maximum absolute atomic E-state index is 8.99. The molecular formula is C16H36O2. The van der Waals surface area contributed by atoms with Crippen molar-refractivity contribution >= 4 is 0 Å². The Morgan fingerprint density at radius 2 is 1.22 bits per heavy atom. The first-order chi connectivity index (χ1) is 8.36. The van der Waals surface area contributed by atoms with E-state index in [0.717, 1.165) is 12.3 Å². The summed E-state index contributed by atoms with van der Waals surface area (Å²) in [5.74, 6) is 1.18. The van der Waals surface area contributed by atoms with Crippen molar-refractivity contribution in [1.82, 2.24) is 0 Å². The Morgan fingerprint density at radius 1 is 0.778 bits per heavy atom. The summed E-state index contributed by atoms with van der Waals surface area (Å²) in [6.07, 6.45) is 6.33. The lowest BCUT2D eigenvalue weighted by Gasteiger charge is -2.21. The molecule has 2 nitrogen and oxygen atoms in total. The fourth-order valence-corrected chi connectivity index (χ4v) is 1.58. The molecule has 0 saturated heterocycles. The molecule has 0 aromatic carbocycles. The average Bonchev–Trinajstić information content (AvgIpc) is 2.33. The highest BCUT2D eigenvalue weighted by Crippen LogP contribution is 2.21. The fraction of sp³-hybridized carbons (Fsp3) is 1.00. The first kappa shape index (κ1) is 20.2. The molecule has 0 aliphatic carbocycles. The summed E-state index contributed by atoms with van der Waals surface area (Å²) >= 11 is 0. The quantitative estimate of drug-likeness (QED) is 0.495. The minimum atomic E-state index is -1.16. The van der Waals surface area contributed by atoms with E-state index >= 15 is 0 Å². The molecular weight excluding hydrogens is 224 g/mol. The number of hydrogen-bond acceptors (Lipinski definition) is 2. The van der Waals surface area contributed by atoms with E-state index in [1.165, 1.54) is 32.1 Å². The highest BCUT2D eigenvalue weighted by Gasteiger charge is 2.17. The highest BCUT2D eigenvalue weighted by atomic mass is 16.5. The van der Waals surface area contributed by atoms with Gasteiger partial charge in [-0.1, -0.05) is 80.1 Å². The first-order valence-electron chi connectivity index (χ1n) is 7.72. The van der Waals surface area contributed by atoms with Crippen molar-refractivity contribution < 1.29 is 10.2 Å². The van der Waals surface area contributed by atoms with Crippen LogP contribution in [-0.4, -0.2) is 16.5 Å². The lowest BCUT2D eigenvalue weighted by Crippen LogP contribution is -2.23. The molecule has 0 saturated carbocycles. The molecule has 2 N–H and O–H groups in total. The summed E-state index contributed by atoms with van der Waals surface area (Å²) in [4.78, 5) is 0. The molecule has 0 rings (SSSR count). The zero-order chi connectivity index (χ0) is 14.6. The van der Waals surface area contributed by atoms with Crippen LogP contribution in [0.5, 0.6) is 0 Å². The van der Waals surface area contributed by atoms with E-state index in [0.29, 0.717) is 5.92 Å². The van der Waals surface area contributed by atoms with Gasteiger partial charge in [-0.2, -0.15) is 0 Å². The summed E-state index contributed by atoms with van der Waals surface area (Å²) in [6.45, 7) is 12.8. The molecule has 2 unspecified atom stereocenters. The third-order valence-electron chi connectivity index (χ3n) is 3.56. The largest absolute Gasteiger partial charge is 0.368 e. The average molecular weight is 260 g/mol. The van der Waals surface area contributed by atoms with Crippen LogP contribution in [0.25, 0.3) is 0 Å². The number of unbranched alkanes of at least 4 members (excludes halogenated alkanes) is 2.